The lowest BCUT2D eigenvalue weighted by atomic mass is 9.81. The van der Waals surface area contributed by atoms with Crippen LogP contribution >= 0.6 is 0 Å². The molecule has 0 amide bonds. The summed E-state index contributed by atoms with van der Waals surface area (Å²) in [6.07, 6.45) is 3.65. The average Bonchev–Trinajstić information content (AvgIpc) is 2.47. The van der Waals surface area contributed by atoms with Gasteiger partial charge in [0.15, 0.2) is 0 Å². The molecule has 0 aromatic heterocycles. The highest BCUT2D eigenvalue weighted by molar-refractivity contribution is 5.46. The van der Waals surface area contributed by atoms with Gasteiger partial charge in [0.25, 0.3) is 0 Å². The lowest BCUT2D eigenvalue weighted by Gasteiger charge is -2.44. The molecule has 1 saturated heterocycles. The van der Waals surface area contributed by atoms with Crippen molar-refractivity contribution in [3.05, 3.63) is 29.3 Å². The van der Waals surface area contributed by atoms with Crippen LogP contribution in [-0.2, 0) is 0 Å². The van der Waals surface area contributed by atoms with Crippen molar-refractivity contribution in [3.63, 3.8) is 0 Å². The second kappa shape index (κ2) is 5.22. The minimum atomic E-state index is 0.496. The third kappa shape index (κ3) is 2.21. The number of fused-ring (bicyclic) bond motifs is 3. The van der Waals surface area contributed by atoms with Gasteiger partial charge in [-0.2, -0.15) is 5.26 Å². The van der Waals surface area contributed by atoms with Crippen LogP contribution < -0.4 is 4.74 Å². The molecule has 0 spiro atoms. The van der Waals surface area contributed by atoms with E-state index in [0.717, 1.165) is 24.5 Å². The van der Waals surface area contributed by atoms with Crippen molar-refractivity contribution in [1.29, 1.82) is 5.26 Å². The van der Waals surface area contributed by atoms with Gasteiger partial charge in [0.05, 0.1) is 17.7 Å². The number of hydrogen-bond donors (Lipinski definition) is 0. The first-order valence-electron chi connectivity index (χ1n) is 7.24. The monoisotopic (exact) mass is 256 g/mol. The molecule has 1 aromatic carbocycles. The van der Waals surface area contributed by atoms with E-state index < -0.39 is 0 Å². The van der Waals surface area contributed by atoms with Gasteiger partial charge in [0.1, 0.15) is 12.4 Å². The highest BCUT2D eigenvalue weighted by Crippen LogP contribution is 2.41. The van der Waals surface area contributed by atoms with Crippen molar-refractivity contribution in [2.75, 3.05) is 19.7 Å². The fourth-order valence-electron chi connectivity index (χ4n) is 3.49. The lowest BCUT2D eigenvalue weighted by molar-refractivity contribution is 0.0659. The first-order valence-corrected chi connectivity index (χ1v) is 7.24. The van der Waals surface area contributed by atoms with E-state index in [0.29, 0.717) is 12.0 Å². The molecule has 19 heavy (non-hydrogen) atoms. The third-order valence-electron chi connectivity index (χ3n) is 4.35. The fraction of sp³-hybridized carbons (Fsp3) is 0.562. The van der Waals surface area contributed by atoms with Gasteiger partial charge < -0.3 is 4.74 Å². The molecule has 0 aliphatic carbocycles. The van der Waals surface area contributed by atoms with Gasteiger partial charge >= 0.3 is 0 Å². The van der Waals surface area contributed by atoms with Crippen molar-refractivity contribution < 1.29 is 4.74 Å². The lowest BCUT2D eigenvalue weighted by Crippen LogP contribution is -2.49. The zero-order valence-electron chi connectivity index (χ0n) is 11.4. The molecule has 0 saturated carbocycles. The molecule has 0 radical (unpaired) electrons. The van der Waals surface area contributed by atoms with E-state index in [1.165, 1.54) is 31.4 Å². The molecule has 3 rings (SSSR count). The highest BCUT2D eigenvalue weighted by atomic mass is 16.5. The molecule has 0 N–H and O–H groups in total. The van der Waals surface area contributed by atoms with E-state index in [1.54, 1.807) is 0 Å². The van der Waals surface area contributed by atoms with Crippen molar-refractivity contribution in [3.8, 4) is 11.8 Å². The largest absolute Gasteiger partial charge is 0.492 e. The Morgan fingerprint density at radius 3 is 3.16 bits per heavy atom. The van der Waals surface area contributed by atoms with Gasteiger partial charge in [0, 0.05) is 11.5 Å². The number of nitriles is 1. The van der Waals surface area contributed by atoms with Crippen LogP contribution in [0.3, 0.4) is 0 Å². The number of rotatable bonds is 2. The van der Waals surface area contributed by atoms with Crippen LogP contribution in [0.25, 0.3) is 0 Å². The SMILES string of the molecule is CCCN1CCC[C@@H]2c3cc(C#N)ccc3OC[C@H]21. The molecule has 3 heteroatoms. The molecule has 2 atom stereocenters. The Morgan fingerprint density at radius 2 is 2.37 bits per heavy atom. The first kappa shape index (κ1) is 12.5. The maximum Gasteiger partial charge on any atom is 0.123 e. The Labute approximate surface area is 114 Å². The summed E-state index contributed by atoms with van der Waals surface area (Å²) in [7, 11) is 0. The summed E-state index contributed by atoms with van der Waals surface area (Å²) in [4.78, 5) is 2.57. The topological polar surface area (TPSA) is 36.3 Å². The van der Waals surface area contributed by atoms with E-state index in [4.69, 9.17) is 10.00 Å². The third-order valence-corrected chi connectivity index (χ3v) is 4.35. The standard InChI is InChI=1S/C16H20N2O/c1-2-7-18-8-3-4-13-14-9-12(10-17)5-6-16(14)19-11-15(13)18/h5-6,9,13,15H,2-4,7-8,11H2,1H3/t13-,15-/m1/s1. The minimum absolute atomic E-state index is 0.496. The van der Waals surface area contributed by atoms with Gasteiger partial charge in [-0.3, -0.25) is 4.90 Å². The van der Waals surface area contributed by atoms with E-state index in [2.05, 4.69) is 17.9 Å². The van der Waals surface area contributed by atoms with E-state index >= 15 is 0 Å². The number of benzene rings is 1. The molecule has 2 aliphatic rings. The Bertz CT molecular complexity index is 504. The molecule has 100 valence electrons. The fourth-order valence-corrected chi connectivity index (χ4v) is 3.49. The van der Waals surface area contributed by atoms with E-state index in [-0.39, 0.29) is 0 Å². The van der Waals surface area contributed by atoms with Crippen LogP contribution in [0, 0.1) is 11.3 Å². The van der Waals surface area contributed by atoms with Crippen LogP contribution in [0.5, 0.6) is 5.75 Å². The molecule has 1 fully saturated rings. The zero-order valence-corrected chi connectivity index (χ0v) is 11.4. The molecular weight excluding hydrogens is 236 g/mol. The van der Waals surface area contributed by atoms with E-state index in [9.17, 15) is 0 Å². The predicted octanol–water partition coefficient (Wildman–Crippen LogP) is 2.91. The quantitative estimate of drug-likeness (QED) is 0.816. The van der Waals surface area contributed by atoms with Gasteiger partial charge in [-0.15, -0.1) is 0 Å². The number of hydrogen-bond acceptors (Lipinski definition) is 3. The van der Waals surface area contributed by atoms with Crippen LogP contribution in [0.15, 0.2) is 18.2 Å². The van der Waals surface area contributed by atoms with Crippen LogP contribution in [0.2, 0.25) is 0 Å². The van der Waals surface area contributed by atoms with Crippen molar-refractivity contribution in [2.24, 2.45) is 0 Å². The molecule has 2 aliphatic heterocycles. The summed E-state index contributed by atoms with van der Waals surface area (Å²) in [6.45, 7) is 5.36. The number of likely N-dealkylation sites (tertiary alicyclic amines) is 1. The summed E-state index contributed by atoms with van der Waals surface area (Å²) < 4.78 is 5.92. The Balaban J connectivity index is 1.93. The molecule has 1 aromatic rings. The van der Waals surface area contributed by atoms with Crippen molar-refractivity contribution in [2.45, 2.75) is 38.1 Å². The van der Waals surface area contributed by atoms with Crippen LogP contribution in [0.1, 0.15) is 43.2 Å². The summed E-state index contributed by atoms with van der Waals surface area (Å²) in [6, 6.07) is 8.58. The summed E-state index contributed by atoms with van der Waals surface area (Å²) in [5.74, 6) is 1.52. The van der Waals surface area contributed by atoms with Crippen LogP contribution in [-0.4, -0.2) is 30.6 Å². The van der Waals surface area contributed by atoms with Gasteiger partial charge in [-0.1, -0.05) is 6.92 Å². The molecule has 0 unspecified atom stereocenters. The predicted molar refractivity (Wildman–Crippen MR) is 74.3 cm³/mol. The Morgan fingerprint density at radius 1 is 1.47 bits per heavy atom. The smallest absolute Gasteiger partial charge is 0.123 e. The zero-order chi connectivity index (χ0) is 13.2. The van der Waals surface area contributed by atoms with Crippen LogP contribution in [0.4, 0.5) is 0 Å². The van der Waals surface area contributed by atoms with Crippen molar-refractivity contribution in [1.82, 2.24) is 4.90 Å². The Kier molecular flexibility index (Phi) is 3.44. The number of piperidine rings is 1. The maximum atomic E-state index is 9.07. The molecule has 0 bridgehead atoms. The van der Waals surface area contributed by atoms with Gasteiger partial charge in [0.2, 0.25) is 0 Å². The number of ether oxygens (including phenoxy) is 1. The average molecular weight is 256 g/mol. The van der Waals surface area contributed by atoms with Crippen molar-refractivity contribution >= 4 is 0 Å². The second-order valence-electron chi connectivity index (χ2n) is 5.53. The highest BCUT2D eigenvalue weighted by Gasteiger charge is 2.37. The summed E-state index contributed by atoms with van der Waals surface area (Å²) in [5.41, 5.74) is 1.99. The minimum Gasteiger partial charge on any atom is -0.492 e. The Hall–Kier alpha value is -1.53. The summed E-state index contributed by atoms with van der Waals surface area (Å²) in [5, 5.41) is 9.07. The molecule has 2 heterocycles. The number of nitrogens with zero attached hydrogens (tertiary/aromatic N) is 2. The van der Waals surface area contributed by atoms with E-state index in [1.807, 2.05) is 18.2 Å². The summed E-state index contributed by atoms with van der Waals surface area (Å²) >= 11 is 0. The molecular formula is C16H20N2O. The maximum absolute atomic E-state index is 9.07. The van der Waals surface area contributed by atoms with Gasteiger partial charge in [-0.25, -0.2) is 0 Å². The normalized spacial score (nSPS) is 25.9. The second-order valence-corrected chi connectivity index (χ2v) is 5.53. The van der Waals surface area contributed by atoms with Gasteiger partial charge in [-0.05, 0) is 50.6 Å². The first-order chi connectivity index (χ1) is 9.33. The molecule has 3 nitrogen and oxygen atoms in total.